The van der Waals surface area contributed by atoms with E-state index in [0.29, 0.717) is 18.4 Å². The van der Waals surface area contributed by atoms with Crippen LogP contribution in [0.2, 0.25) is 0 Å². The summed E-state index contributed by atoms with van der Waals surface area (Å²) in [6.07, 6.45) is 8.28. The first kappa shape index (κ1) is 22.7. The minimum Gasteiger partial charge on any atom is -0.462 e. The van der Waals surface area contributed by atoms with Crippen LogP contribution in [0.3, 0.4) is 0 Å². The number of carbonyl (C=O) groups is 2. The zero-order chi connectivity index (χ0) is 21.1. The Hall–Kier alpha value is -1.58. The maximum absolute atomic E-state index is 11.7. The highest BCUT2D eigenvalue weighted by Crippen LogP contribution is 2.62. The SMILES string of the molecule is C=C1[C@H](OC(C)=O)C[C@H]2C(C)(C)CCC[C@]2(C)[C@H]1CC/C(C)=C/COC(C)=O. The van der Waals surface area contributed by atoms with Crippen LogP contribution in [0.25, 0.3) is 0 Å². The van der Waals surface area contributed by atoms with Gasteiger partial charge >= 0.3 is 11.9 Å². The molecule has 0 bridgehead atoms. The number of esters is 2. The molecule has 4 nitrogen and oxygen atoms in total. The van der Waals surface area contributed by atoms with Gasteiger partial charge in [0.15, 0.2) is 0 Å². The molecular weight excluding hydrogens is 352 g/mol. The summed E-state index contributed by atoms with van der Waals surface area (Å²) in [7, 11) is 0. The Morgan fingerprint density at radius 2 is 1.82 bits per heavy atom. The maximum atomic E-state index is 11.7. The van der Waals surface area contributed by atoms with Crippen molar-refractivity contribution in [3.63, 3.8) is 0 Å². The van der Waals surface area contributed by atoms with Crippen LogP contribution in [-0.2, 0) is 19.1 Å². The maximum Gasteiger partial charge on any atom is 0.303 e. The number of carbonyl (C=O) groups excluding carboxylic acids is 2. The van der Waals surface area contributed by atoms with Gasteiger partial charge in [-0.15, -0.1) is 0 Å². The van der Waals surface area contributed by atoms with Crippen LogP contribution in [0.4, 0.5) is 0 Å². The molecule has 28 heavy (non-hydrogen) atoms. The third kappa shape index (κ3) is 5.07. The largest absolute Gasteiger partial charge is 0.462 e. The molecular formula is C24H38O4. The third-order valence-corrected chi connectivity index (χ3v) is 7.24. The van der Waals surface area contributed by atoms with Crippen LogP contribution in [0.1, 0.15) is 80.1 Å². The zero-order valence-corrected chi connectivity index (χ0v) is 18.6. The van der Waals surface area contributed by atoms with Crippen molar-refractivity contribution in [1.82, 2.24) is 0 Å². The minimum atomic E-state index is -0.256. The second-order valence-corrected chi connectivity index (χ2v) is 9.75. The molecule has 0 aromatic heterocycles. The molecule has 0 aromatic carbocycles. The van der Waals surface area contributed by atoms with Gasteiger partial charge in [-0.1, -0.05) is 39.3 Å². The molecule has 2 saturated carbocycles. The van der Waals surface area contributed by atoms with Crippen LogP contribution in [0.15, 0.2) is 23.8 Å². The molecule has 0 saturated heterocycles. The number of rotatable bonds is 6. The molecule has 0 heterocycles. The first-order valence-corrected chi connectivity index (χ1v) is 10.6. The smallest absolute Gasteiger partial charge is 0.303 e. The van der Waals surface area contributed by atoms with Gasteiger partial charge in [0.25, 0.3) is 0 Å². The lowest BCUT2D eigenvalue weighted by atomic mass is 9.46. The van der Waals surface area contributed by atoms with E-state index in [2.05, 4.69) is 34.3 Å². The van der Waals surface area contributed by atoms with Crippen LogP contribution >= 0.6 is 0 Å². The normalized spacial score (nSPS) is 32.4. The predicted molar refractivity (Wildman–Crippen MR) is 112 cm³/mol. The number of hydrogen-bond donors (Lipinski definition) is 0. The third-order valence-electron chi connectivity index (χ3n) is 7.24. The zero-order valence-electron chi connectivity index (χ0n) is 18.6. The number of allylic oxidation sites excluding steroid dienone is 1. The average molecular weight is 391 g/mol. The molecule has 2 aliphatic carbocycles. The van der Waals surface area contributed by atoms with E-state index in [4.69, 9.17) is 9.47 Å². The first-order valence-electron chi connectivity index (χ1n) is 10.6. The Balaban J connectivity index is 2.21. The summed E-state index contributed by atoms with van der Waals surface area (Å²) >= 11 is 0. The van der Waals surface area contributed by atoms with E-state index in [9.17, 15) is 9.59 Å². The fourth-order valence-corrected chi connectivity index (χ4v) is 5.80. The van der Waals surface area contributed by atoms with Crippen molar-refractivity contribution in [2.75, 3.05) is 6.61 Å². The van der Waals surface area contributed by atoms with E-state index >= 15 is 0 Å². The van der Waals surface area contributed by atoms with E-state index in [-0.39, 0.29) is 28.9 Å². The monoisotopic (exact) mass is 390 g/mol. The second kappa shape index (κ2) is 8.84. The molecule has 0 spiro atoms. The highest BCUT2D eigenvalue weighted by Gasteiger charge is 2.55. The Morgan fingerprint density at radius 3 is 2.43 bits per heavy atom. The quantitative estimate of drug-likeness (QED) is 0.436. The Bertz CT molecular complexity index is 645. The predicted octanol–water partition coefficient (Wildman–Crippen LogP) is 5.62. The molecule has 0 radical (unpaired) electrons. The molecule has 2 aliphatic rings. The lowest BCUT2D eigenvalue weighted by molar-refractivity contribution is -0.153. The minimum absolute atomic E-state index is 0.178. The Labute approximate surface area is 170 Å². The van der Waals surface area contributed by atoms with E-state index in [1.165, 1.54) is 38.7 Å². The van der Waals surface area contributed by atoms with Gasteiger partial charge in [0.2, 0.25) is 0 Å². The van der Waals surface area contributed by atoms with Gasteiger partial charge in [0.05, 0.1) is 0 Å². The van der Waals surface area contributed by atoms with Crippen molar-refractivity contribution in [1.29, 1.82) is 0 Å². The van der Waals surface area contributed by atoms with Crippen molar-refractivity contribution in [2.45, 2.75) is 86.2 Å². The number of fused-ring (bicyclic) bond motifs is 1. The van der Waals surface area contributed by atoms with Gasteiger partial charge in [0, 0.05) is 13.8 Å². The van der Waals surface area contributed by atoms with Gasteiger partial charge in [-0.2, -0.15) is 0 Å². The molecule has 2 fully saturated rings. The summed E-state index contributed by atoms with van der Waals surface area (Å²) < 4.78 is 10.7. The lowest BCUT2D eigenvalue weighted by Crippen LogP contribution is -2.53. The Kier molecular flexibility index (Phi) is 7.17. The fraction of sp³-hybridized carbons (Fsp3) is 0.750. The topological polar surface area (TPSA) is 52.6 Å². The van der Waals surface area contributed by atoms with Crippen molar-refractivity contribution < 1.29 is 19.1 Å². The van der Waals surface area contributed by atoms with Gasteiger partial charge in [0.1, 0.15) is 12.7 Å². The van der Waals surface area contributed by atoms with Crippen molar-refractivity contribution in [3.8, 4) is 0 Å². The molecule has 0 aromatic rings. The fourth-order valence-electron chi connectivity index (χ4n) is 5.80. The summed E-state index contributed by atoms with van der Waals surface area (Å²) in [5, 5.41) is 0. The summed E-state index contributed by atoms with van der Waals surface area (Å²) in [6.45, 7) is 16.9. The van der Waals surface area contributed by atoms with Gasteiger partial charge in [-0.3, -0.25) is 9.59 Å². The van der Waals surface area contributed by atoms with E-state index in [1.54, 1.807) is 0 Å². The van der Waals surface area contributed by atoms with Crippen molar-refractivity contribution in [2.24, 2.45) is 22.7 Å². The molecule has 0 unspecified atom stereocenters. The average Bonchev–Trinajstić information content (AvgIpc) is 2.55. The van der Waals surface area contributed by atoms with Gasteiger partial charge in [-0.05, 0) is 73.3 Å². The van der Waals surface area contributed by atoms with Crippen molar-refractivity contribution >= 4 is 11.9 Å². The van der Waals surface area contributed by atoms with Crippen LogP contribution < -0.4 is 0 Å². The van der Waals surface area contributed by atoms with E-state index in [1.807, 2.05) is 6.08 Å². The highest BCUT2D eigenvalue weighted by molar-refractivity contribution is 5.66. The summed E-state index contributed by atoms with van der Waals surface area (Å²) in [5.41, 5.74) is 2.73. The molecule has 2 rings (SSSR count). The highest BCUT2D eigenvalue weighted by atomic mass is 16.5. The van der Waals surface area contributed by atoms with Gasteiger partial charge in [-0.25, -0.2) is 0 Å². The first-order chi connectivity index (χ1) is 13.0. The molecule has 0 amide bonds. The summed E-state index contributed by atoms with van der Waals surface area (Å²) in [6, 6.07) is 0. The number of hydrogen-bond acceptors (Lipinski definition) is 4. The van der Waals surface area contributed by atoms with Crippen LogP contribution in [-0.4, -0.2) is 24.6 Å². The summed E-state index contributed by atoms with van der Waals surface area (Å²) in [5.74, 6) is 0.361. The molecule has 4 heteroatoms. The van der Waals surface area contributed by atoms with Crippen molar-refractivity contribution in [3.05, 3.63) is 23.8 Å². The van der Waals surface area contributed by atoms with Crippen LogP contribution in [0, 0.1) is 22.7 Å². The Morgan fingerprint density at radius 1 is 1.14 bits per heavy atom. The second-order valence-electron chi connectivity index (χ2n) is 9.75. The lowest BCUT2D eigenvalue weighted by Gasteiger charge is -2.59. The molecule has 158 valence electrons. The molecule has 0 N–H and O–H groups in total. The molecule has 4 atom stereocenters. The standard InChI is InChI=1S/C24H38O4/c1-16(11-14-27-18(3)25)9-10-20-17(2)21(28-19(4)26)15-22-23(5,6)12-8-13-24(20,22)7/h11,20-22H,2,8-10,12-15H2,1,3-7H3/b16-11+/t20-,21+,22-,24+/m0/s1. The molecule has 0 aliphatic heterocycles. The van der Waals surface area contributed by atoms with E-state index in [0.717, 1.165) is 24.8 Å². The van der Waals surface area contributed by atoms with Gasteiger partial charge < -0.3 is 9.47 Å². The summed E-state index contributed by atoms with van der Waals surface area (Å²) in [4.78, 5) is 22.6. The number of ether oxygens (including phenoxy) is 2. The van der Waals surface area contributed by atoms with Crippen LogP contribution in [0.5, 0.6) is 0 Å². The van der Waals surface area contributed by atoms with E-state index < -0.39 is 0 Å².